The number of guanidine groups is 1. The van der Waals surface area contributed by atoms with Crippen LogP contribution in [0.2, 0.25) is 0 Å². The molecule has 11 heteroatoms. The van der Waals surface area contributed by atoms with E-state index in [0.29, 0.717) is 25.9 Å². The molecule has 0 aromatic carbocycles. The molecular weight excluding hydrogens is 320 g/mol. The van der Waals surface area contributed by atoms with Crippen LogP contribution in [0.5, 0.6) is 0 Å². The Labute approximate surface area is 140 Å². The van der Waals surface area contributed by atoms with Gasteiger partial charge in [-0.1, -0.05) is 0 Å². The summed E-state index contributed by atoms with van der Waals surface area (Å²) in [6.07, 6.45) is 1.32. The fraction of sp³-hybridized carbons (Fsp3) is 0.692. The molecule has 0 fully saturated rings. The Kier molecular flexibility index (Phi) is 14.1. The van der Waals surface area contributed by atoms with Crippen LogP contribution in [0.15, 0.2) is 0 Å². The number of carboxylic acid groups (broad SMARTS) is 2. The van der Waals surface area contributed by atoms with Gasteiger partial charge in [0.1, 0.15) is 12.1 Å². The Bertz CT molecular complexity index is 418. The molecule has 0 aliphatic heterocycles. The Balaban J connectivity index is 0. The standard InChI is InChI=1S/C7H14N2O3.C6H14N4O2/c1-2-9-6(10)4-3-5(8)7(11)12;7-4(5(11)12)2-1-3-10-6(8)9/h5H,2-4,8H2,1H3,(H,9,10)(H,11,12);4H,1-3,7H2,(H,11,12)(H4,8,9,10)/t5-;4-/m00/s1. The topological polar surface area (TPSA) is 218 Å². The van der Waals surface area contributed by atoms with E-state index >= 15 is 0 Å². The number of amides is 1. The Morgan fingerprint density at radius 1 is 1.04 bits per heavy atom. The van der Waals surface area contributed by atoms with Gasteiger partial charge in [0.05, 0.1) is 0 Å². The molecule has 2 atom stereocenters. The summed E-state index contributed by atoms with van der Waals surface area (Å²) in [6, 6.07) is -1.76. The summed E-state index contributed by atoms with van der Waals surface area (Å²) in [5, 5.41) is 28.6. The lowest BCUT2D eigenvalue weighted by atomic mass is 10.1. The predicted molar refractivity (Wildman–Crippen MR) is 88.3 cm³/mol. The van der Waals surface area contributed by atoms with Crippen molar-refractivity contribution in [2.24, 2.45) is 17.2 Å². The van der Waals surface area contributed by atoms with Gasteiger partial charge < -0.3 is 38.0 Å². The Morgan fingerprint density at radius 3 is 1.96 bits per heavy atom. The molecule has 0 spiro atoms. The fourth-order valence-corrected chi connectivity index (χ4v) is 1.36. The second-order valence-corrected chi connectivity index (χ2v) is 4.86. The van der Waals surface area contributed by atoms with Gasteiger partial charge >= 0.3 is 11.9 Å². The molecule has 24 heavy (non-hydrogen) atoms. The molecule has 0 aliphatic carbocycles. The lowest BCUT2D eigenvalue weighted by molar-refractivity contribution is -0.139. The monoisotopic (exact) mass is 348 g/mol. The van der Waals surface area contributed by atoms with Crippen molar-refractivity contribution < 1.29 is 24.6 Å². The lowest BCUT2D eigenvalue weighted by Crippen LogP contribution is -2.34. The smallest absolute Gasteiger partial charge is 0.320 e. The Morgan fingerprint density at radius 2 is 1.54 bits per heavy atom. The van der Waals surface area contributed by atoms with Crippen LogP contribution in [0.25, 0.3) is 0 Å². The van der Waals surface area contributed by atoms with E-state index in [2.05, 4.69) is 10.6 Å². The molecule has 0 aliphatic rings. The van der Waals surface area contributed by atoms with Gasteiger partial charge in [0.2, 0.25) is 5.91 Å². The highest BCUT2D eigenvalue weighted by Gasteiger charge is 2.12. The lowest BCUT2D eigenvalue weighted by Gasteiger charge is -2.06. The van der Waals surface area contributed by atoms with E-state index in [1.807, 2.05) is 0 Å². The van der Waals surface area contributed by atoms with Gasteiger partial charge in [-0.15, -0.1) is 0 Å². The maximum absolute atomic E-state index is 10.8. The number of nitrogens with one attached hydrogen (secondary N) is 3. The predicted octanol–water partition coefficient (Wildman–Crippen LogP) is -2.02. The average Bonchev–Trinajstić information content (AvgIpc) is 2.49. The van der Waals surface area contributed by atoms with Crippen molar-refractivity contribution in [3.8, 4) is 0 Å². The van der Waals surface area contributed by atoms with Gasteiger partial charge in [-0.3, -0.25) is 19.8 Å². The molecule has 0 aromatic rings. The second kappa shape index (κ2) is 14.2. The van der Waals surface area contributed by atoms with Crippen molar-refractivity contribution in [1.82, 2.24) is 10.6 Å². The molecule has 0 saturated heterocycles. The van der Waals surface area contributed by atoms with Crippen LogP contribution in [0, 0.1) is 5.41 Å². The highest BCUT2D eigenvalue weighted by atomic mass is 16.4. The third-order valence-electron chi connectivity index (χ3n) is 2.70. The molecule has 11 N–H and O–H groups in total. The maximum atomic E-state index is 10.8. The van der Waals surface area contributed by atoms with E-state index in [0.717, 1.165) is 0 Å². The van der Waals surface area contributed by atoms with Crippen LogP contribution in [-0.4, -0.2) is 59.2 Å². The molecule has 0 bridgehead atoms. The number of hydrogen-bond acceptors (Lipinski definition) is 6. The minimum atomic E-state index is -1.07. The Hall–Kier alpha value is -2.40. The van der Waals surface area contributed by atoms with Crippen LogP contribution < -0.4 is 27.8 Å². The van der Waals surface area contributed by atoms with Crippen LogP contribution in [-0.2, 0) is 14.4 Å². The molecule has 140 valence electrons. The van der Waals surface area contributed by atoms with Gasteiger partial charge in [0.25, 0.3) is 0 Å². The van der Waals surface area contributed by atoms with Crippen LogP contribution >= 0.6 is 0 Å². The normalized spacial score (nSPS) is 12.1. The number of carbonyl (C=O) groups is 3. The molecule has 1 amide bonds. The van der Waals surface area contributed by atoms with Crippen molar-refractivity contribution in [3.63, 3.8) is 0 Å². The molecule has 0 saturated carbocycles. The SMILES string of the molecule is CCNC(=O)CC[C@H](N)C(=O)O.N=C(N)NCCC[C@H](N)C(=O)O. The van der Waals surface area contributed by atoms with Gasteiger partial charge in [-0.2, -0.15) is 0 Å². The zero-order chi connectivity index (χ0) is 19.1. The van der Waals surface area contributed by atoms with E-state index in [1.165, 1.54) is 0 Å². The summed E-state index contributed by atoms with van der Waals surface area (Å²) in [6.45, 7) is 2.84. The summed E-state index contributed by atoms with van der Waals surface area (Å²) in [5.41, 5.74) is 15.4. The molecule has 11 nitrogen and oxygen atoms in total. The first-order valence-electron chi connectivity index (χ1n) is 7.43. The van der Waals surface area contributed by atoms with E-state index in [-0.39, 0.29) is 24.7 Å². The number of hydrogen-bond donors (Lipinski definition) is 8. The molecule has 0 heterocycles. The van der Waals surface area contributed by atoms with Crippen molar-refractivity contribution in [2.75, 3.05) is 13.1 Å². The van der Waals surface area contributed by atoms with E-state index in [4.69, 9.17) is 32.8 Å². The zero-order valence-electron chi connectivity index (χ0n) is 13.7. The fourth-order valence-electron chi connectivity index (χ4n) is 1.36. The number of carbonyl (C=O) groups excluding carboxylic acids is 1. The largest absolute Gasteiger partial charge is 0.480 e. The average molecular weight is 348 g/mol. The third kappa shape index (κ3) is 16.0. The molecule has 0 rings (SSSR count). The van der Waals surface area contributed by atoms with E-state index < -0.39 is 24.0 Å². The van der Waals surface area contributed by atoms with Gasteiger partial charge in [-0.25, -0.2) is 0 Å². The number of nitrogens with two attached hydrogens (primary N) is 3. The molecule has 0 aromatic heterocycles. The zero-order valence-corrected chi connectivity index (χ0v) is 13.7. The minimum absolute atomic E-state index is 0.112. The summed E-state index contributed by atoms with van der Waals surface area (Å²) in [4.78, 5) is 31.2. The van der Waals surface area contributed by atoms with Crippen molar-refractivity contribution >= 4 is 23.8 Å². The summed E-state index contributed by atoms with van der Waals surface area (Å²) < 4.78 is 0. The third-order valence-corrected chi connectivity index (χ3v) is 2.70. The number of carboxylic acids is 2. The van der Waals surface area contributed by atoms with Crippen LogP contribution in [0.4, 0.5) is 0 Å². The van der Waals surface area contributed by atoms with Gasteiger partial charge in [-0.05, 0) is 26.2 Å². The first-order chi connectivity index (χ1) is 11.1. The van der Waals surface area contributed by atoms with Crippen LogP contribution in [0.1, 0.15) is 32.6 Å². The highest BCUT2D eigenvalue weighted by molar-refractivity contribution is 5.78. The first kappa shape index (κ1) is 23.9. The molecule has 0 radical (unpaired) electrons. The quantitative estimate of drug-likeness (QED) is 0.124. The highest BCUT2D eigenvalue weighted by Crippen LogP contribution is 1.94. The van der Waals surface area contributed by atoms with Gasteiger partial charge in [0, 0.05) is 19.5 Å². The number of aliphatic carboxylic acids is 2. The maximum Gasteiger partial charge on any atom is 0.320 e. The molecular formula is C13H28N6O5. The van der Waals surface area contributed by atoms with Crippen molar-refractivity contribution in [3.05, 3.63) is 0 Å². The van der Waals surface area contributed by atoms with Gasteiger partial charge in [0.15, 0.2) is 5.96 Å². The minimum Gasteiger partial charge on any atom is -0.480 e. The number of rotatable bonds is 10. The second-order valence-electron chi connectivity index (χ2n) is 4.86. The van der Waals surface area contributed by atoms with Crippen molar-refractivity contribution in [1.29, 1.82) is 5.41 Å². The molecule has 0 unspecified atom stereocenters. The first-order valence-corrected chi connectivity index (χ1v) is 7.43. The van der Waals surface area contributed by atoms with E-state index in [9.17, 15) is 14.4 Å². The summed E-state index contributed by atoms with van der Waals surface area (Å²) in [7, 11) is 0. The summed E-state index contributed by atoms with van der Waals surface area (Å²) >= 11 is 0. The van der Waals surface area contributed by atoms with Crippen molar-refractivity contribution in [2.45, 2.75) is 44.7 Å². The van der Waals surface area contributed by atoms with E-state index in [1.54, 1.807) is 6.92 Å². The van der Waals surface area contributed by atoms with Crippen LogP contribution in [0.3, 0.4) is 0 Å². The summed E-state index contributed by atoms with van der Waals surface area (Å²) in [5.74, 6) is -2.34.